The molecule has 0 radical (unpaired) electrons. The normalized spacial score (nSPS) is 21.4. The maximum absolute atomic E-state index is 12.5. The Morgan fingerprint density at radius 3 is 2.32 bits per heavy atom. The summed E-state index contributed by atoms with van der Waals surface area (Å²) >= 11 is 0. The van der Waals surface area contributed by atoms with Gasteiger partial charge in [-0.2, -0.15) is 0 Å². The van der Waals surface area contributed by atoms with Crippen LogP contribution in [0.3, 0.4) is 0 Å². The van der Waals surface area contributed by atoms with Crippen LogP contribution in [-0.2, 0) is 20.6 Å². The number of rotatable bonds is 5. The van der Waals surface area contributed by atoms with Crippen molar-refractivity contribution in [3.63, 3.8) is 0 Å². The summed E-state index contributed by atoms with van der Waals surface area (Å²) < 4.78 is 12.5. The minimum atomic E-state index is -0.393. The van der Waals surface area contributed by atoms with E-state index >= 15 is 0 Å². The number of carbonyl (C=O) groups is 1. The minimum absolute atomic E-state index is 0.241. The van der Waals surface area contributed by atoms with E-state index in [9.17, 15) is 4.79 Å². The summed E-state index contributed by atoms with van der Waals surface area (Å²) in [6.45, 7) is 13.7. The maximum atomic E-state index is 12.5. The van der Waals surface area contributed by atoms with Gasteiger partial charge in [0.05, 0.1) is 11.2 Å². The van der Waals surface area contributed by atoms with Crippen LogP contribution in [0.2, 0.25) is 0 Å². The van der Waals surface area contributed by atoms with Crippen molar-refractivity contribution in [2.24, 2.45) is 5.92 Å². The summed E-state index contributed by atoms with van der Waals surface area (Å²) in [6, 6.07) is 6.33. The molecule has 5 heteroatoms. The van der Waals surface area contributed by atoms with E-state index in [1.165, 1.54) is 5.56 Å². The molecule has 1 heterocycles. The van der Waals surface area contributed by atoms with Crippen molar-refractivity contribution in [3.05, 3.63) is 29.3 Å². The molecule has 0 spiro atoms. The topological polar surface area (TPSA) is 38.8 Å². The molecule has 25 heavy (non-hydrogen) atoms. The zero-order valence-corrected chi connectivity index (χ0v) is 16.4. The van der Waals surface area contributed by atoms with Crippen molar-refractivity contribution >= 4 is 18.5 Å². The molecule has 0 atom stereocenters. The molecule has 1 aliphatic heterocycles. The Morgan fingerprint density at radius 2 is 1.80 bits per heavy atom. The van der Waals surface area contributed by atoms with Gasteiger partial charge in [0.15, 0.2) is 0 Å². The second kappa shape index (κ2) is 6.44. The minimum Gasteiger partial charge on any atom is -0.399 e. The van der Waals surface area contributed by atoms with Crippen molar-refractivity contribution in [1.82, 2.24) is 4.90 Å². The maximum Gasteiger partial charge on any atom is 0.495 e. The number of nitrogens with zero attached hydrogens (tertiary/aromatic N) is 1. The van der Waals surface area contributed by atoms with E-state index in [1.807, 2.05) is 11.8 Å². The number of benzene rings is 1. The Balaban J connectivity index is 1.87. The van der Waals surface area contributed by atoms with Crippen LogP contribution in [0.5, 0.6) is 0 Å². The highest BCUT2D eigenvalue weighted by Crippen LogP contribution is 2.37. The lowest BCUT2D eigenvalue weighted by molar-refractivity contribution is -0.132. The fourth-order valence-corrected chi connectivity index (χ4v) is 3.21. The molecule has 0 unspecified atom stereocenters. The van der Waals surface area contributed by atoms with Crippen LogP contribution in [-0.4, -0.2) is 35.7 Å². The fourth-order valence-electron chi connectivity index (χ4n) is 3.21. The highest BCUT2D eigenvalue weighted by Gasteiger charge is 2.52. The van der Waals surface area contributed by atoms with E-state index in [4.69, 9.17) is 9.31 Å². The van der Waals surface area contributed by atoms with Gasteiger partial charge in [0.2, 0.25) is 5.91 Å². The van der Waals surface area contributed by atoms with E-state index in [1.54, 1.807) is 0 Å². The summed E-state index contributed by atoms with van der Waals surface area (Å²) in [5.74, 6) is 0.522. The van der Waals surface area contributed by atoms with Crippen LogP contribution in [0, 0.1) is 12.8 Å². The Bertz CT molecular complexity index is 651. The fraction of sp³-hybridized carbons (Fsp3) is 0.650. The molecule has 1 amide bonds. The predicted octanol–water partition coefficient (Wildman–Crippen LogP) is 3.05. The third-order valence-electron chi connectivity index (χ3n) is 5.79. The van der Waals surface area contributed by atoms with Gasteiger partial charge in [0.25, 0.3) is 0 Å². The zero-order valence-electron chi connectivity index (χ0n) is 16.4. The predicted molar refractivity (Wildman–Crippen MR) is 101 cm³/mol. The molecule has 136 valence electrons. The molecule has 4 nitrogen and oxygen atoms in total. The highest BCUT2D eigenvalue weighted by atomic mass is 16.7. The van der Waals surface area contributed by atoms with Crippen molar-refractivity contribution < 1.29 is 14.1 Å². The first-order chi connectivity index (χ1) is 11.6. The number of hydrogen-bond acceptors (Lipinski definition) is 3. The summed E-state index contributed by atoms with van der Waals surface area (Å²) in [5, 5.41) is 0. The van der Waals surface area contributed by atoms with Gasteiger partial charge >= 0.3 is 7.12 Å². The molecule has 1 aromatic rings. The van der Waals surface area contributed by atoms with E-state index in [0.29, 0.717) is 6.54 Å². The Labute approximate surface area is 152 Å². The van der Waals surface area contributed by atoms with E-state index in [0.717, 1.165) is 30.4 Å². The van der Waals surface area contributed by atoms with Crippen LogP contribution in [0.4, 0.5) is 0 Å². The third-order valence-corrected chi connectivity index (χ3v) is 5.79. The summed E-state index contributed by atoms with van der Waals surface area (Å²) in [7, 11) is -0.393. The Morgan fingerprint density at radius 1 is 1.20 bits per heavy atom. The molecule has 1 aromatic carbocycles. The molecule has 1 saturated heterocycles. The molecule has 0 N–H and O–H groups in total. The first kappa shape index (κ1) is 18.5. The molecule has 1 aliphatic carbocycles. The lowest BCUT2D eigenvalue weighted by Gasteiger charge is -2.32. The molecule has 0 bridgehead atoms. The number of carbonyl (C=O) groups excluding carboxylic acids is 1. The smallest absolute Gasteiger partial charge is 0.399 e. The SMILES string of the molecule is CCN(Cc1cc(C)ccc1B1OC(C)(C)C(C)(C)O1)C(=O)C1CC1. The largest absolute Gasteiger partial charge is 0.495 e. The molecule has 2 fully saturated rings. The Kier molecular flexibility index (Phi) is 4.76. The van der Waals surface area contributed by atoms with Gasteiger partial charge in [-0.05, 0) is 65.4 Å². The van der Waals surface area contributed by atoms with Crippen LogP contribution in [0.15, 0.2) is 18.2 Å². The van der Waals surface area contributed by atoms with Crippen LogP contribution in [0.1, 0.15) is 58.6 Å². The zero-order chi connectivity index (χ0) is 18.4. The van der Waals surface area contributed by atoms with E-state index in [-0.39, 0.29) is 23.0 Å². The lowest BCUT2D eigenvalue weighted by atomic mass is 9.75. The number of aryl methyl sites for hydroxylation is 1. The lowest BCUT2D eigenvalue weighted by Crippen LogP contribution is -2.41. The third kappa shape index (κ3) is 3.63. The summed E-state index contributed by atoms with van der Waals surface area (Å²) in [5.41, 5.74) is 2.60. The first-order valence-electron chi connectivity index (χ1n) is 9.38. The Hall–Kier alpha value is -1.33. The van der Waals surface area contributed by atoms with Gasteiger partial charge in [-0.15, -0.1) is 0 Å². The summed E-state index contributed by atoms with van der Waals surface area (Å²) in [4.78, 5) is 14.5. The van der Waals surface area contributed by atoms with Crippen LogP contribution < -0.4 is 5.46 Å². The van der Waals surface area contributed by atoms with Crippen molar-refractivity contribution in [2.45, 2.75) is 72.1 Å². The standard InChI is InChI=1S/C20H30BNO3/c1-7-22(18(23)15-9-10-15)13-16-12-14(2)8-11-17(16)21-24-19(3,4)20(5,6)25-21/h8,11-12,15H,7,9-10,13H2,1-6H3. The quantitative estimate of drug-likeness (QED) is 0.772. The van der Waals surface area contributed by atoms with Gasteiger partial charge in [-0.1, -0.05) is 23.8 Å². The molecule has 3 rings (SSSR count). The molecule has 2 aliphatic rings. The van der Waals surface area contributed by atoms with Crippen LogP contribution >= 0.6 is 0 Å². The summed E-state index contributed by atoms with van der Waals surface area (Å²) in [6.07, 6.45) is 2.07. The van der Waals surface area contributed by atoms with Gasteiger partial charge in [-0.3, -0.25) is 4.79 Å². The number of hydrogen-bond donors (Lipinski definition) is 0. The van der Waals surface area contributed by atoms with Crippen molar-refractivity contribution in [2.75, 3.05) is 6.54 Å². The molecular weight excluding hydrogens is 313 g/mol. The van der Waals surface area contributed by atoms with Gasteiger partial charge in [-0.25, -0.2) is 0 Å². The molecule has 1 saturated carbocycles. The van der Waals surface area contributed by atoms with Crippen LogP contribution in [0.25, 0.3) is 0 Å². The average molecular weight is 343 g/mol. The second-order valence-electron chi connectivity index (χ2n) is 8.42. The van der Waals surface area contributed by atoms with Gasteiger partial charge < -0.3 is 14.2 Å². The van der Waals surface area contributed by atoms with Crippen molar-refractivity contribution in [1.29, 1.82) is 0 Å². The monoisotopic (exact) mass is 343 g/mol. The van der Waals surface area contributed by atoms with Gasteiger partial charge in [0, 0.05) is 19.0 Å². The molecule has 0 aromatic heterocycles. The van der Waals surface area contributed by atoms with E-state index < -0.39 is 7.12 Å². The van der Waals surface area contributed by atoms with E-state index in [2.05, 4.69) is 52.8 Å². The second-order valence-corrected chi connectivity index (χ2v) is 8.42. The first-order valence-corrected chi connectivity index (χ1v) is 9.38. The van der Waals surface area contributed by atoms with Gasteiger partial charge in [0.1, 0.15) is 0 Å². The highest BCUT2D eigenvalue weighted by molar-refractivity contribution is 6.62. The number of amides is 1. The van der Waals surface area contributed by atoms with Crippen molar-refractivity contribution in [3.8, 4) is 0 Å². The average Bonchev–Trinajstić information content (AvgIpc) is 3.32. The molecular formula is C20H30BNO3.